The lowest BCUT2D eigenvalue weighted by Gasteiger charge is -2.20. The molecule has 0 aromatic heterocycles. The Bertz CT molecular complexity index is 1140. The average molecular weight is 489 g/mol. The van der Waals surface area contributed by atoms with E-state index in [1.54, 1.807) is 30.3 Å². The molecule has 172 valence electrons. The third-order valence-electron chi connectivity index (χ3n) is 5.83. The van der Waals surface area contributed by atoms with Crippen LogP contribution in [0, 0.1) is 11.7 Å². The number of halogens is 3. The number of rotatable bonds is 8. The van der Waals surface area contributed by atoms with E-state index in [4.69, 9.17) is 27.9 Å². The van der Waals surface area contributed by atoms with Gasteiger partial charge in [-0.1, -0.05) is 47.5 Å². The highest BCUT2D eigenvalue weighted by atomic mass is 35.5. The number of phenolic OH excluding ortho intramolecular Hbond substituents is 1. The van der Waals surface area contributed by atoms with Gasteiger partial charge in [-0.25, -0.2) is 9.18 Å². The molecule has 3 aromatic carbocycles. The van der Waals surface area contributed by atoms with Crippen molar-refractivity contribution < 1.29 is 23.8 Å². The predicted molar refractivity (Wildman–Crippen MR) is 126 cm³/mol. The number of hydrogen-bond donors (Lipinski definition) is 1. The number of ether oxygens (including phenoxy) is 2. The van der Waals surface area contributed by atoms with Crippen LogP contribution < -0.4 is 4.74 Å². The first-order valence-corrected chi connectivity index (χ1v) is 11.4. The summed E-state index contributed by atoms with van der Waals surface area (Å²) in [5.74, 6) is 0.198. The first kappa shape index (κ1) is 23.4. The molecule has 4 rings (SSSR count). The topological polar surface area (TPSA) is 55.8 Å². The summed E-state index contributed by atoms with van der Waals surface area (Å²) in [5.41, 5.74) is 3.44. The van der Waals surface area contributed by atoms with E-state index in [1.165, 1.54) is 19.2 Å². The molecule has 1 aliphatic carbocycles. The molecule has 1 fully saturated rings. The van der Waals surface area contributed by atoms with Gasteiger partial charge < -0.3 is 14.6 Å². The molecule has 33 heavy (non-hydrogen) atoms. The maximum atomic E-state index is 13.5. The van der Waals surface area contributed by atoms with Gasteiger partial charge in [0.1, 0.15) is 17.3 Å². The van der Waals surface area contributed by atoms with Crippen molar-refractivity contribution in [1.29, 1.82) is 0 Å². The summed E-state index contributed by atoms with van der Waals surface area (Å²) in [6, 6.07) is 15.2. The molecule has 0 radical (unpaired) electrons. The maximum Gasteiger partial charge on any atom is 0.343 e. The van der Waals surface area contributed by atoms with E-state index >= 15 is 0 Å². The SMILES string of the molecule is COC(=O)COc1cc(Cl)c(Cc2ccc(O)c(C(c3ccc(F)cc3)C3CC3)c2)c(Cl)c1. The number of benzene rings is 3. The van der Waals surface area contributed by atoms with E-state index < -0.39 is 5.97 Å². The van der Waals surface area contributed by atoms with Crippen LogP contribution in [-0.2, 0) is 16.0 Å². The van der Waals surface area contributed by atoms with Gasteiger partial charge in [0.2, 0.25) is 0 Å². The van der Waals surface area contributed by atoms with Crippen LogP contribution in [0.5, 0.6) is 11.5 Å². The Hall–Kier alpha value is -2.76. The lowest BCUT2D eigenvalue weighted by molar-refractivity contribution is -0.142. The third kappa shape index (κ3) is 5.60. The second-order valence-electron chi connectivity index (χ2n) is 8.17. The van der Waals surface area contributed by atoms with Gasteiger partial charge in [0, 0.05) is 27.9 Å². The Morgan fingerprint density at radius 1 is 1.09 bits per heavy atom. The minimum atomic E-state index is -0.505. The van der Waals surface area contributed by atoms with Crippen molar-refractivity contribution in [2.45, 2.75) is 25.2 Å². The number of phenols is 1. The highest BCUT2D eigenvalue weighted by Gasteiger charge is 2.35. The quantitative estimate of drug-likeness (QED) is 0.366. The van der Waals surface area contributed by atoms with E-state index in [0.717, 1.165) is 29.5 Å². The highest BCUT2D eigenvalue weighted by Crippen LogP contribution is 2.49. The molecule has 0 amide bonds. The zero-order valence-electron chi connectivity index (χ0n) is 18.0. The van der Waals surface area contributed by atoms with Crippen LogP contribution in [0.3, 0.4) is 0 Å². The molecule has 1 N–H and O–H groups in total. The molecule has 0 saturated heterocycles. The number of methoxy groups -OCH3 is 1. The van der Waals surface area contributed by atoms with Gasteiger partial charge in [0.15, 0.2) is 6.61 Å². The van der Waals surface area contributed by atoms with Crippen molar-refractivity contribution in [2.75, 3.05) is 13.7 Å². The number of carbonyl (C=O) groups excluding carboxylic acids is 1. The lowest BCUT2D eigenvalue weighted by atomic mass is 9.85. The summed E-state index contributed by atoms with van der Waals surface area (Å²) >= 11 is 12.9. The van der Waals surface area contributed by atoms with Crippen molar-refractivity contribution >= 4 is 29.2 Å². The fourth-order valence-corrected chi connectivity index (χ4v) is 4.61. The summed E-state index contributed by atoms with van der Waals surface area (Å²) in [5, 5.41) is 11.5. The van der Waals surface area contributed by atoms with Gasteiger partial charge in [-0.15, -0.1) is 0 Å². The van der Waals surface area contributed by atoms with Crippen LogP contribution in [0.4, 0.5) is 4.39 Å². The number of hydrogen-bond acceptors (Lipinski definition) is 4. The summed E-state index contributed by atoms with van der Waals surface area (Å²) in [6.45, 7) is -0.240. The first-order chi connectivity index (χ1) is 15.9. The zero-order valence-corrected chi connectivity index (χ0v) is 19.5. The second kappa shape index (κ2) is 10.0. The van der Waals surface area contributed by atoms with Crippen molar-refractivity contribution in [3.63, 3.8) is 0 Å². The van der Waals surface area contributed by atoms with Gasteiger partial charge in [0.05, 0.1) is 7.11 Å². The zero-order chi connectivity index (χ0) is 23.5. The van der Waals surface area contributed by atoms with Gasteiger partial charge in [0.25, 0.3) is 0 Å². The monoisotopic (exact) mass is 488 g/mol. The highest BCUT2D eigenvalue weighted by molar-refractivity contribution is 6.36. The van der Waals surface area contributed by atoms with Gasteiger partial charge in [-0.2, -0.15) is 0 Å². The van der Waals surface area contributed by atoms with E-state index in [0.29, 0.717) is 33.7 Å². The summed E-state index contributed by atoms with van der Waals surface area (Å²) in [7, 11) is 1.28. The average Bonchev–Trinajstić information content (AvgIpc) is 3.63. The minimum absolute atomic E-state index is 0.00871. The first-order valence-electron chi connectivity index (χ1n) is 10.6. The molecule has 1 saturated carbocycles. The Morgan fingerprint density at radius 3 is 2.36 bits per heavy atom. The van der Waals surface area contributed by atoms with Crippen LogP contribution in [-0.4, -0.2) is 24.8 Å². The van der Waals surface area contributed by atoms with Gasteiger partial charge in [-0.3, -0.25) is 0 Å². The number of carbonyl (C=O) groups is 1. The fourth-order valence-electron chi connectivity index (χ4n) is 4.01. The Morgan fingerprint density at radius 2 is 1.76 bits per heavy atom. The van der Waals surface area contributed by atoms with E-state index in [9.17, 15) is 14.3 Å². The van der Waals surface area contributed by atoms with E-state index in [2.05, 4.69) is 4.74 Å². The molecular weight excluding hydrogens is 466 g/mol. The van der Waals surface area contributed by atoms with Crippen molar-refractivity contribution in [1.82, 2.24) is 0 Å². The van der Waals surface area contributed by atoms with E-state index in [-0.39, 0.29) is 24.1 Å². The molecule has 0 heterocycles. The van der Waals surface area contributed by atoms with Crippen molar-refractivity contribution in [3.8, 4) is 11.5 Å². The predicted octanol–water partition coefficient (Wildman–Crippen LogP) is 6.52. The minimum Gasteiger partial charge on any atom is -0.508 e. The Balaban J connectivity index is 1.60. The van der Waals surface area contributed by atoms with Crippen LogP contribution in [0.2, 0.25) is 10.0 Å². The largest absolute Gasteiger partial charge is 0.508 e. The van der Waals surface area contributed by atoms with E-state index in [1.807, 2.05) is 12.1 Å². The molecule has 7 heteroatoms. The molecule has 0 spiro atoms. The molecule has 1 unspecified atom stereocenters. The standard InChI is InChI=1S/C26H23Cl2FO4/c1-32-25(31)14-33-19-12-22(27)20(23(28)13-19)10-15-2-9-24(30)21(11-15)26(16-3-4-16)17-5-7-18(29)8-6-17/h2,5-9,11-13,16,26,30H,3-4,10,14H2,1H3. The van der Waals surface area contributed by atoms with Gasteiger partial charge >= 0.3 is 5.97 Å². The van der Waals surface area contributed by atoms with Crippen molar-refractivity contribution in [2.24, 2.45) is 5.92 Å². The molecule has 4 nitrogen and oxygen atoms in total. The normalized spacial score (nSPS) is 14.1. The number of esters is 1. The van der Waals surface area contributed by atoms with Crippen LogP contribution in [0.15, 0.2) is 54.6 Å². The number of aromatic hydroxyl groups is 1. The molecule has 1 atom stereocenters. The molecule has 3 aromatic rings. The van der Waals surface area contributed by atoms with Crippen LogP contribution >= 0.6 is 23.2 Å². The summed E-state index contributed by atoms with van der Waals surface area (Å²) in [4.78, 5) is 11.3. The molecular formula is C26H23Cl2FO4. The smallest absolute Gasteiger partial charge is 0.343 e. The third-order valence-corrected chi connectivity index (χ3v) is 6.50. The fraction of sp³-hybridized carbons (Fsp3) is 0.269. The lowest BCUT2D eigenvalue weighted by Crippen LogP contribution is -2.12. The Labute approximate surface area is 201 Å². The van der Waals surface area contributed by atoms with Crippen LogP contribution in [0.1, 0.15) is 41.0 Å². The maximum absolute atomic E-state index is 13.5. The summed E-state index contributed by atoms with van der Waals surface area (Å²) < 4.78 is 23.4. The Kier molecular flexibility index (Phi) is 7.11. The molecule has 0 bridgehead atoms. The second-order valence-corrected chi connectivity index (χ2v) is 8.98. The van der Waals surface area contributed by atoms with Gasteiger partial charge in [-0.05, 0) is 65.8 Å². The van der Waals surface area contributed by atoms with Crippen LogP contribution in [0.25, 0.3) is 0 Å². The molecule has 0 aliphatic heterocycles. The summed E-state index contributed by atoms with van der Waals surface area (Å²) in [6.07, 6.45) is 2.58. The molecule has 1 aliphatic rings. The van der Waals surface area contributed by atoms with Crippen molar-refractivity contribution in [3.05, 3.63) is 92.7 Å².